The van der Waals surface area contributed by atoms with Crippen LogP contribution in [0.25, 0.3) is 10.8 Å². The van der Waals surface area contributed by atoms with Gasteiger partial charge in [0.15, 0.2) is 0 Å². The van der Waals surface area contributed by atoms with Crippen LogP contribution in [0.15, 0.2) is 65.6 Å². The number of rotatable bonds is 7. The Hall–Kier alpha value is -2.50. The van der Waals surface area contributed by atoms with Crippen molar-refractivity contribution in [1.82, 2.24) is 9.80 Å². The number of benzene rings is 3. The number of hydrogen-bond acceptors (Lipinski definition) is 3. The summed E-state index contributed by atoms with van der Waals surface area (Å²) in [6, 6.07) is 19.3. The van der Waals surface area contributed by atoms with Crippen LogP contribution in [0, 0.1) is 0 Å². The second kappa shape index (κ2) is 10.0. The van der Waals surface area contributed by atoms with Crippen LogP contribution in [0.4, 0.5) is 0 Å². The Kier molecular flexibility index (Phi) is 7.40. The van der Waals surface area contributed by atoms with Crippen molar-refractivity contribution in [2.75, 3.05) is 26.4 Å². The molecule has 0 bridgehead atoms. The highest BCUT2D eigenvalue weighted by molar-refractivity contribution is 8.00. The predicted octanol–water partition coefficient (Wildman–Crippen LogP) is 5.34. The third kappa shape index (κ3) is 5.15. The first-order valence-corrected chi connectivity index (χ1v) is 11.2. The van der Waals surface area contributed by atoms with Crippen LogP contribution in [-0.2, 0) is 11.3 Å². The summed E-state index contributed by atoms with van der Waals surface area (Å²) in [6.07, 6.45) is 0. The lowest BCUT2D eigenvalue weighted by Gasteiger charge is -2.21. The lowest BCUT2D eigenvalue weighted by molar-refractivity contribution is -0.128. The van der Waals surface area contributed by atoms with Crippen LogP contribution in [-0.4, -0.2) is 48.0 Å². The van der Waals surface area contributed by atoms with Crippen molar-refractivity contribution in [1.29, 1.82) is 0 Å². The van der Waals surface area contributed by atoms with Gasteiger partial charge in [0.2, 0.25) is 5.91 Å². The first kappa shape index (κ1) is 22.2. The van der Waals surface area contributed by atoms with Crippen LogP contribution in [0.3, 0.4) is 0 Å². The van der Waals surface area contributed by atoms with Crippen LogP contribution in [0.5, 0.6) is 0 Å². The highest BCUT2D eigenvalue weighted by Gasteiger charge is 2.15. The van der Waals surface area contributed by atoms with E-state index in [1.54, 1.807) is 19.0 Å². The molecule has 6 heteroatoms. The van der Waals surface area contributed by atoms with Gasteiger partial charge in [-0.1, -0.05) is 48.0 Å². The van der Waals surface area contributed by atoms with Gasteiger partial charge in [-0.2, -0.15) is 0 Å². The van der Waals surface area contributed by atoms with Gasteiger partial charge in [0.25, 0.3) is 5.91 Å². The van der Waals surface area contributed by atoms with Crippen LogP contribution >= 0.6 is 23.4 Å². The van der Waals surface area contributed by atoms with Gasteiger partial charge in [0.1, 0.15) is 0 Å². The number of carbonyl (C=O) groups excluding carboxylic acids is 2. The van der Waals surface area contributed by atoms with Crippen molar-refractivity contribution in [2.45, 2.75) is 18.4 Å². The average Bonchev–Trinajstić information content (AvgIpc) is 2.75. The number of amides is 2. The lowest BCUT2D eigenvalue weighted by atomic mass is 10.1. The van der Waals surface area contributed by atoms with E-state index >= 15 is 0 Å². The van der Waals surface area contributed by atoms with E-state index in [1.807, 2.05) is 72.5 Å². The quantitative estimate of drug-likeness (QED) is 0.466. The number of carbonyl (C=O) groups is 2. The molecule has 3 aromatic carbocycles. The molecule has 0 saturated carbocycles. The summed E-state index contributed by atoms with van der Waals surface area (Å²) in [5.74, 6) is 0.380. The third-order valence-electron chi connectivity index (χ3n) is 4.88. The largest absolute Gasteiger partial charge is 0.345 e. The number of halogens is 1. The Morgan fingerprint density at radius 3 is 2.27 bits per heavy atom. The molecule has 156 valence electrons. The van der Waals surface area contributed by atoms with Crippen molar-refractivity contribution < 1.29 is 9.59 Å². The zero-order valence-corrected chi connectivity index (χ0v) is 19.0. The molecule has 0 saturated heterocycles. The fraction of sp³-hybridized carbons (Fsp3) is 0.250. The molecule has 0 radical (unpaired) electrons. The van der Waals surface area contributed by atoms with Crippen molar-refractivity contribution in [3.8, 4) is 0 Å². The Bertz CT molecular complexity index is 1050. The van der Waals surface area contributed by atoms with Gasteiger partial charge in [0.05, 0.1) is 5.75 Å². The maximum absolute atomic E-state index is 12.8. The maximum Gasteiger partial charge on any atom is 0.253 e. The molecule has 0 atom stereocenters. The van der Waals surface area contributed by atoms with E-state index in [2.05, 4.69) is 0 Å². The van der Waals surface area contributed by atoms with Crippen molar-refractivity contribution in [3.63, 3.8) is 0 Å². The van der Waals surface area contributed by atoms with Crippen molar-refractivity contribution in [2.24, 2.45) is 0 Å². The third-order valence-corrected chi connectivity index (χ3v) is 6.24. The smallest absolute Gasteiger partial charge is 0.253 e. The van der Waals surface area contributed by atoms with Gasteiger partial charge < -0.3 is 9.80 Å². The first-order chi connectivity index (χ1) is 14.4. The number of thioether (sulfide) groups is 1. The monoisotopic (exact) mass is 440 g/mol. The Labute approximate surface area is 186 Å². The normalized spacial score (nSPS) is 10.8. The molecule has 3 aromatic rings. The Morgan fingerprint density at radius 2 is 1.63 bits per heavy atom. The van der Waals surface area contributed by atoms with Crippen LogP contribution < -0.4 is 0 Å². The highest BCUT2D eigenvalue weighted by atomic mass is 35.5. The minimum absolute atomic E-state index is 0.0323. The summed E-state index contributed by atoms with van der Waals surface area (Å²) < 4.78 is 0. The first-order valence-electron chi connectivity index (χ1n) is 9.79. The molecule has 0 aliphatic heterocycles. The molecular formula is C24H25ClN2O2S. The van der Waals surface area contributed by atoms with E-state index < -0.39 is 0 Å². The zero-order valence-electron chi connectivity index (χ0n) is 17.4. The van der Waals surface area contributed by atoms with E-state index in [0.717, 1.165) is 21.2 Å². The Morgan fingerprint density at radius 1 is 0.967 bits per heavy atom. The second-order valence-corrected chi connectivity index (χ2v) is 8.61. The van der Waals surface area contributed by atoms with Gasteiger partial charge in [0, 0.05) is 48.1 Å². The molecule has 0 N–H and O–H groups in total. The summed E-state index contributed by atoms with van der Waals surface area (Å²) in [7, 11) is 3.46. The summed E-state index contributed by atoms with van der Waals surface area (Å²) in [5, 5.41) is 2.76. The minimum atomic E-state index is -0.0323. The number of nitrogens with zero attached hydrogens (tertiary/aromatic N) is 2. The maximum atomic E-state index is 12.8. The van der Waals surface area contributed by atoms with E-state index in [-0.39, 0.29) is 11.8 Å². The zero-order chi connectivity index (χ0) is 21.7. The molecule has 4 nitrogen and oxygen atoms in total. The summed E-state index contributed by atoms with van der Waals surface area (Å²) in [5.41, 5.74) is 1.64. The van der Waals surface area contributed by atoms with Gasteiger partial charge >= 0.3 is 0 Å². The Balaban J connectivity index is 1.67. The van der Waals surface area contributed by atoms with Gasteiger partial charge in [-0.25, -0.2) is 0 Å². The van der Waals surface area contributed by atoms with E-state index in [4.69, 9.17) is 11.6 Å². The average molecular weight is 441 g/mol. The molecule has 0 aliphatic carbocycles. The molecule has 0 spiro atoms. The summed E-state index contributed by atoms with van der Waals surface area (Å²) >= 11 is 7.90. The van der Waals surface area contributed by atoms with Crippen LogP contribution in [0.2, 0.25) is 5.02 Å². The van der Waals surface area contributed by atoms with Gasteiger partial charge in [-0.05, 0) is 42.1 Å². The predicted molar refractivity (Wildman–Crippen MR) is 125 cm³/mol. The molecule has 30 heavy (non-hydrogen) atoms. The van der Waals surface area contributed by atoms with Crippen molar-refractivity contribution in [3.05, 3.63) is 76.8 Å². The SMILES string of the molecule is CCN(Cc1ccc(C(=O)N(C)C)cc1)C(=O)CSc1cccc2cccc(Cl)c12. The van der Waals surface area contributed by atoms with Gasteiger partial charge in [-0.15, -0.1) is 11.8 Å². The topological polar surface area (TPSA) is 40.6 Å². The fourth-order valence-corrected chi connectivity index (χ4v) is 4.57. The molecular weight excluding hydrogens is 416 g/mol. The molecule has 0 aromatic heterocycles. The number of hydrogen-bond donors (Lipinski definition) is 0. The second-order valence-electron chi connectivity index (χ2n) is 7.19. The molecule has 2 amide bonds. The van der Waals surface area contributed by atoms with E-state index in [0.29, 0.717) is 29.4 Å². The van der Waals surface area contributed by atoms with Gasteiger partial charge in [-0.3, -0.25) is 9.59 Å². The fourth-order valence-electron chi connectivity index (χ4n) is 3.22. The molecule has 0 fully saturated rings. The minimum Gasteiger partial charge on any atom is -0.345 e. The molecule has 3 rings (SSSR count). The lowest BCUT2D eigenvalue weighted by Crippen LogP contribution is -2.31. The van der Waals surface area contributed by atoms with E-state index in [9.17, 15) is 9.59 Å². The summed E-state index contributed by atoms with van der Waals surface area (Å²) in [4.78, 5) is 29.3. The number of fused-ring (bicyclic) bond motifs is 1. The summed E-state index contributed by atoms with van der Waals surface area (Å²) in [6.45, 7) is 3.11. The van der Waals surface area contributed by atoms with Crippen LogP contribution in [0.1, 0.15) is 22.8 Å². The molecule has 0 unspecified atom stereocenters. The van der Waals surface area contributed by atoms with Crippen molar-refractivity contribution >= 4 is 45.9 Å². The molecule has 0 aliphatic rings. The van der Waals surface area contributed by atoms with E-state index in [1.165, 1.54) is 11.8 Å². The molecule has 0 heterocycles. The standard InChI is InChI=1S/C24H25ClN2O2S/c1-4-27(15-17-11-13-19(14-12-17)24(29)26(2)3)22(28)16-30-21-10-6-8-18-7-5-9-20(25)23(18)21/h5-14H,4,15-16H2,1-3H3. The highest BCUT2D eigenvalue weighted by Crippen LogP contribution is 2.33.